The van der Waals surface area contributed by atoms with Crippen LogP contribution in [0, 0.1) is 0 Å². The van der Waals surface area contributed by atoms with Gasteiger partial charge in [0.1, 0.15) is 35.3 Å². The maximum atomic E-state index is 13.9. The van der Waals surface area contributed by atoms with Crippen LogP contribution < -0.4 is 11.5 Å². The molecule has 8 aliphatic heterocycles. The van der Waals surface area contributed by atoms with Gasteiger partial charge >= 0.3 is 12.1 Å². The van der Waals surface area contributed by atoms with Crippen molar-refractivity contribution >= 4 is 199 Å². The molecular formula is C100H153BrCl5N11O20S8Si2. The van der Waals surface area contributed by atoms with Crippen molar-refractivity contribution in [1.29, 1.82) is 0 Å². The summed E-state index contributed by atoms with van der Waals surface area (Å²) in [6.07, 6.45) is 19.1. The largest absolute Gasteiger partial charge is 0.463 e. The number of nitrogens with two attached hydrogens (primary N) is 2. The van der Waals surface area contributed by atoms with Gasteiger partial charge in [0.25, 0.3) is 0 Å². The molecule has 8 fully saturated rings. The standard InChI is InChI=1S/C26H35ClN4O4S2.C19H31ClN2O4SSi.C19H31ClN2O3S2Si.C15H17ClN2O3S2.C13H14ClNO4S.C4H9BrO2.4CH4/c27-20-7-9-23(10-8-20)37(33,34)31-22(5-4-6-24(31)25-28-13-18-36-25)19-35-26(32)30-16-11-21(12-17-30)29-14-2-1-3-15-29;1-19(2,3)28(4,5)26-13-15-7-6-8-17(18(21)23)22(15)27(24,25)16-11-9-14(20)10-12-16;1-19(2,3)28(4,5)25-13-15-7-6-8-17(18(21)26)22(15)27(23,24)16-11-9-14(20)10-12-16;16-11-4-6-13(7-5-11)23(20,21)18-12(10-19)2-1-3-14(18)15-17-8-9-22-15;14-9-4-6-11(7-5-9)20(17,18)15-10-2-1-3-12(15)13(16)19-8-10;1-6-4(3-5)7-2;;;;/h7-10,13,18,21-22,24H,1-6,11-12,14-17,19H2;9-12,15,17H,6-8,13H2,1-5H3,(H2,21,23);9-12,15,17H,6-8,13H2,1-5H3,(H2,21,26);4-9,12,14,19H,1-3,10H2;4-7,10,12H,1-3,8H2;4H,3H2,1-2H3;4*1H4. The molecule has 0 aliphatic carbocycles. The first kappa shape index (κ1) is 131. The summed E-state index contributed by atoms with van der Waals surface area (Å²) >= 11 is 40.8. The lowest BCUT2D eigenvalue weighted by Crippen LogP contribution is -2.59. The number of sulfonamides is 5. The Morgan fingerprint density at radius 1 is 0.463 bits per heavy atom. The van der Waals surface area contributed by atoms with Gasteiger partial charge in [-0.2, -0.15) is 21.5 Å². The molecule has 2 bridgehead atoms. The molecule has 31 nitrogen and oxygen atoms in total. The summed E-state index contributed by atoms with van der Waals surface area (Å²) in [7, 11) is -19.9. The van der Waals surface area contributed by atoms with Crippen LogP contribution >= 0.6 is 109 Å². The highest BCUT2D eigenvalue weighted by Gasteiger charge is 2.51. The minimum atomic E-state index is -3.92. The Kier molecular flexibility index (Phi) is 51.8. The normalized spacial score (nSPS) is 22.5. The highest BCUT2D eigenvalue weighted by molar-refractivity contribution is 9.09. The van der Waals surface area contributed by atoms with Crippen molar-refractivity contribution in [3.63, 3.8) is 0 Å². The molecule has 7 aromatic rings. The summed E-state index contributed by atoms with van der Waals surface area (Å²) in [5, 5.41) is 18.0. The number of halogens is 6. The van der Waals surface area contributed by atoms with Crippen LogP contribution in [0.2, 0.25) is 61.4 Å². The van der Waals surface area contributed by atoms with Crippen LogP contribution in [-0.2, 0) is 87.5 Å². The van der Waals surface area contributed by atoms with E-state index in [9.17, 15) is 61.6 Å². The zero-order valence-electron chi connectivity index (χ0n) is 82.9. The molecule has 826 valence electrons. The Morgan fingerprint density at radius 3 is 1.14 bits per heavy atom. The molecule has 8 saturated heterocycles. The highest BCUT2D eigenvalue weighted by Crippen LogP contribution is 2.46. The maximum Gasteiger partial charge on any atom is 0.409 e. The number of alkyl halides is 1. The van der Waals surface area contributed by atoms with Crippen LogP contribution in [-0.4, -0.2) is 268 Å². The number of morpholine rings is 1. The zero-order chi connectivity index (χ0) is 105. The van der Waals surface area contributed by atoms with E-state index in [1.54, 1.807) is 67.9 Å². The maximum absolute atomic E-state index is 13.9. The molecule has 10 atom stereocenters. The zero-order valence-corrected chi connectivity index (χ0v) is 96.8. The van der Waals surface area contributed by atoms with E-state index in [-0.39, 0.29) is 126 Å². The number of thiocarbonyl (C=S) groups is 1. The average Bonchev–Trinajstić information content (AvgIpc) is 1.70. The summed E-state index contributed by atoms with van der Waals surface area (Å²) in [6, 6.07) is 26.4. The van der Waals surface area contributed by atoms with Gasteiger partial charge < -0.3 is 54.2 Å². The number of cyclic esters (lactones) is 1. The number of piperidine rings is 7. The smallest absolute Gasteiger partial charge is 0.409 e. The van der Waals surface area contributed by atoms with E-state index in [0.29, 0.717) is 102 Å². The van der Waals surface area contributed by atoms with Crippen molar-refractivity contribution in [3.05, 3.63) is 180 Å². The van der Waals surface area contributed by atoms with E-state index in [4.69, 9.17) is 109 Å². The van der Waals surface area contributed by atoms with E-state index < -0.39 is 121 Å². The van der Waals surface area contributed by atoms with Gasteiger partial charge in [-0.1, -0.05) is 164 Å². The van der Waals surface area contributed by atoms with Gasteiger partial charge in [0, 0.05) is 99.7 Å². The van der Waals surface area contributed by atoms with Crippen molar-refractivity contribution in [2.75, 3.05) is 78.8 Å². The van der Waals surface area contributed by atoms with Crippen molar-refractivity contribution in [2.24, 2.45) is 11.5 Å². The molecule has 2 amide bonds. The third-order valence-electron chi connectivity index (χ3n) is 28.0. The van der Waals surface area contributed by atoms with E-state index >= 15 is 0 Å². The van der Waals surface area contributed by atoms with Gasteiger partial charge in [-0.15, -0.1) is 22.7 Å². The molecule has 0 radical (unpaired) electrons. The lowest BCUT2D eigenvalue weighted by molar-refractivity contribution is -0.160. The number of nitrogens with zero attached hydrogens (tertiary/aromatic N) is 9. The number of carbonyl (C=O) groups is 3. The third kappa shape index (κ3) is 34.1. The molecular weight excluding hydrogens is 2250 g/mol. The number of esters is 1. The number of aliphatic hydroxyl groups is 1. The van der Waals surface area contributed by atoms with Gasteiger partial charge in [0.2, 0.25) is 56.0 Å². The first-order valence-corrected chi connectivity index (χ1v) is 66.2. The van der Waals surface area contributed by atoms with Crippen molar-refractivity contribution in [2.45, 2.75) is 333 Å². The Bertz CT molecular complexity index is 5730. The first-order valence-electron chi connectivity index (χ1n) is 48.0. The van der Waals surface area contributed by atoms with Crippen molar-refractivity contribution < 1.29 is 89.4 Å². The second-order valence-corrected chi connectivity index (χ2v) is 63.4. The Balaban J connectivity index is 0.000000277. The van der Waals surface area contributed by atoms with Crippen LogP contribution in [0.5, 0.6) is 0 Å². The number of carbonyl (C=O) groups excluding carboxylic acids is 3. The fourth-order valence-corrected chi connectivity index (χ4v) is 32.4. The van der Waals surface area contributed by atoms with Crippen LogP contribution in [0.4, 0.5) is 4.79 Å². The number of methoxy groups -OCH3 is 2. The lowest BCUT2D eigenvalue weighted by Gasteiger charge is -2.43. The van der Waals surface area contributed by atoms with Gasteiger partial charge in [0.15, 0.2) is 22.9 Å². The molecule has 10 unspecified atom stereocenters. The number of thiazole rings is 2. The monoisotopic (exact) mass is 2390 g/mol. The predicted octanol–water partition coefficient (Wildman–Crippen LogP) is 21.9. The minimum Gasteiger partial charge on any atom is -0.463 e. The van der Waals surface area contributed by atoms with Crippen LogP contribution in [0.1, 0.15) is 222 Å². The summed E-state index contributed by atoms with van der Waals surface area (Å²) < 4.78 is 173. The van der Waals surface area contributed by atoms with Crippen LogP contribution in [0.25, 0.3) is 0 Å². The Morgan fingerprint density at radius 2 is 0.796 bits per heavy atom. The molecule has 2 aromatic heterocycles. The van der Waals surface area contributed by atoms with Crippen molar-refractivity contribution in [1.82, 2.24) is 41.3 Å². The second-order valence-electron chi connectivity index (χ2n) is 39.4. The molecule has 5 N–H and O–H groups in total. The number of primary amides is 1. The number of hydrogen-bond donors (Lipinski definition) is 3. The summed E-state index contributed by atoms with van der Waals surface area (Å²) in [4.78, 5) is 50.9. The highest BCUT2D eigenvalue weighted by atomic mass is 79.9. The molecule has 10 heterocycles. The van der Waals surface area contributed by atoms with Crippen LogP contribution in [0.15, 0.2) is 169 Å². The van der Waals surface area contributed by atoms with Crippen LogP contribution in [0.3, 0.4) is 0 Å². The summed E-state index contributed by atoms with van der Waals surface area (Å²) in [6.45, 7) is 25.7. The first-order chi connectivity index (χ1) is 67.4. The number of amides is 2. The fourth-order valence-electron chi connectivity index (χ4n) is 18.1. The number of benzene rings is 5. The van der Waals surface area contributed by atoms with E-state index in [1.165, 1.54) is 148 Å². The number of aromatic nitrogens is 2. The molecule has 0 spiro atoms. The molecule has 147 heavy (non-hydrogen) atoms. The summed E-state index contributed by atoms with van der Waals surface area (Å²) in [5.74, 6) is -1.08. The number of likely N-dealkylation sites (tertiary alicyclic amines) is 2. The topological polar surface area (TPSA) is 398 Å². The molecule has 0 saturated carbocycles. The molecule has 47 heteroatoms. The predicted molar refractivity (Wildman–Crippen MR) is 602 cm³/mol. The quantitative estimate of drug-likeness (QED) is 0.0141. The van der Waals surface area contributed by atoms with Gasteiger partial charge in [-0.25, -0.2) is 56.9 Å². The Labute approximate surface area is 923 Å². The average molecular weight is 2400 g/mol. The molecule has 15 rings (SSSR count). The van der Waals surface area contributed by atoms with Crippen molar-refractivity contribution in [3.8, 4) is 0 Å². The Hall–Kier alpha value is -4.87. The number of ether oxygens (including phenoxy) is 4. The van der Waals surface area contributed by atoms with E-state index in [2.05, 4.69) is 98.5 Å². The number of aliphatic hydroxyl groups excluding tert-OH is 1. The second kappa shape index (κ2) is 58.2. The number of fused-ring (bicyclic) bond motifs is 2. The number of rotatable bonds is 27. The van der Waals surface area contributed by atoms with E-state index in [1.807, 2.05) is 10.8 Å². The SMILES string of the molecule is C.C.C.C.CC(C)(C)[Si](C)(C)OCC1CCCC(C(N)=O)N1S(=O)(=O)c1ccc(Cl)cc1.CC(C)(C)[Si](C)(C)OCC1CCCC(C(N)=S)N1S(=O)(=O)c1ccc(Cl)cc1.COC(CBr)OC.O=C(OCC1CCCC(c2nccs2)N1S(=O)(=O)c1ccc(Cl)cc1)N1CCC(N2CCCCC2)CC1.O=C1OCC2CCCC1N2S(=O)(=O)c1ccc(Cl)cc1.O=S(=O)(c1ccc(Cl)cc1)N1C(CO)CCCC1c1nccs1. The molecule has 8 aliphatic rings. The molecule has 5 aromatic carbocycles. The van der Waals surface area contributed by atoms with Gasteiger partial charge in [-0.3, -0.25) is 9.59 Å². The third-order valence-corrected chi connectivity index (χ3v) is 50.6. The van der Waals surface area contributed by atoms with Gasteiger partial charge in [0.05, 0.1) is 84.8 Å². The van der Waals surface area contributed by atoms with Gasteiger partial charge in [-0.05, 0) is 293 Å². The van der Waals surface area contributed by atoms with E-state index in [0.717, 1.165) is 86.2 Å². The minimum absolute atomic E-state index is 0. The lowest BCUT2D eigenvalue weighted by atomic mass is 9.97. The fraction of sp³-hybridized carbons (Fsp3) is 0.600. The summed E-state index contributed by atoms with van der Waals surface area (Å²) in [5.41, 5.74) is 11.5. The number of hydrogen-bond acceptors (Lipinski definition) is 26.